The van der Waals surface area contributed by atoms with Gasteiger partial charge < -0.3 is 15.5 Å². The van der Waals surface area contributed by atoms with Crippen LogP contribution in [0.3, 0.4) is 0 Å². The number of benzene rings is 1. The van der Waals surface area contributed by atoms with Crippen LogP contribution < -0.4 is 5.32 Å². The van der Waals surface area contributed by atoms with Crippen molar-refractivity contribution in [1.29, 1.82) is 5.41 Å². The highest BCUT2D eigenvalue weighted by molar-refractivity contribution is 6.20. The highest BCUT2D eigenvalue weighted by Crippen LogP contribution is 2.28. The SMILES string of the molecule is CN/C=C(\C(C)=N)c1cnc2ccc(C3CCOCC3)cc2n1. The first kappa shape index (κ1) is 15.6. The fourth-order valence-corrected chi connectivity index (χ4v) is 2.96. The molecule has 3 rings (SSSR count). The zero-order valence-electron chi connectivity index (χ0n) is 13.6. The van der Waals surface area contributed by atoms with Gasteiger partial charge in [0.25, 0.3) is 0 Å². The first-order valence-corrected chi connectivity index (χ1v) is 7.97. The van der Waals surface area contributed by atoms with Crippen molar-refractivity contribution < 1.29 is 4.74 Å². The number of allylic oxidation sites excluding steroid dienone is 1. The van der Waals surface area contributed by atoms with E-state index in [0.717, 1.165) is 48.4 Å². The number of nitrogens with zero attached hydrogens (tertiary/aromatic N) is 2. The van der Waals surface area contributed by atoms with Crippen molar-refractivity contribution in [3.8, 4) is 0 Å². The Morgan fingerprint density at radius 2 is 2.09 bits per heavy atom. The van der Waals surface area contributed by atoms with Gasteiger partial charge in [-0.1, -0.05) is 6.07 Å². The highest BCUT2D eigenvalue weighted by atomic mass is 16.5. The maximum Gasteiger partial charge on any atom is 0.0925 e. The lowest BCUT2D eigenvalue weighted by Gasteiger charge is -2.22. The molecule has 120 valence electrons. The minimum absolute atomic E-state index is 0.466. The maximum absolute atomic E-state index is 7.91. The van der Waals surface area contributed by atoms with Crippen molar-refractivity contribution in [3.63, 3.8) is 0 Å². The Morgan fingerprint density at radius 3 is 2.78 bits per heavy atom. The number of hydrogen-bond donors (Lipinski definition) is 2. The van der Waals surface area contributed by atoms with Gasteiger partial charge in [0.1, 0.15) is 0 Å². The van der Waals surface area contributed by atoms with Crippen LogP contribution in [-0.2, 0) is 4.74 Å². The van der Waals surface area contributed by atoms with Crippen molar-refractivity contribution in [2.45, 2.75) is 25.7 Å². The molecular weight excluding hydrogens is 288 g/mol. The largest absolute Gasteiger partial charge is 0.393 e. The van der Waals surface area contributed by atoms with E-state index in [-0.39, 0.29) is 0 Å². The van der Waals surface area contributed by atoms with Crippen molar-refractivity contribution in [3.05, 3.63) is 41.9 Å². The smallest absolute Gasteiger partial charge is 0.0925 e. The molecule has 2 N–H and O–H groups in total. The molecule has 1 aliphatic rings. The van der Waals surface area contributed by atoms with Crippen molar-refractivity contribution in [2.75, 3.05) is 20.3 Å². The number of nitrogens with one attached hydrogen (secondary N) is 2. The summed E-state index contributed by atoms with van der Waals surface area (Å²) in [5.41, 5.74) is 5.03. The third kappa shape index (κ3) is 3.40. The van der Waals surface area contributed by atoms with E-state index < -0.39 is 0 Å². The Hall–Kier alpha value is -2.27. The molecule has 0 aliphatic carbocycles. The van der Waals surface area contributed by atoms with Gasteiger partial charge >= 0.3 is 0 Å². The lowest BCUT2D eigenvalue weighted by atomic mass is 9.91. The first-order chi connectivity index (χ1) is 11.2. The third-order valence-electron chi connectivity index (χ3n) is 4.23. The molecule has 5 heteroatoms. The minimum atomic E-state index is 0.466. The van der Waals surface area contributed by atoms with Crippen LogP contribution in [0.4, 0.5) is 0 Å². The van der Waals surface area contributed by atoms with Crippen LogP contribution >= 0.6 is 0 Å². The summed E-state index contributed by atoms with van der Waals surface area (Å²) in [5, 5.41) is 10.9. The summed E-state index contributed by atoms with van der Waals surface area (Å²) in [6.07, 6.45) is 5.64. The number of aromatic nitrogens is 2. The monoisotopic (exact) mass is 310 g/mol. The summed E-state index contributed by atoms with van der Waals surface area (Å²) < 4.78 is 5.45. The van der Waals surface area contributed by atoms with E-state index in [1.54, 1.807) is 19.3 Å². The average molecular weight is 310 g/mol. The van der Waals surface area contributed by atoms with Crippen LogP contribution in [0.5, 0.6) is 0 Å². The van der Waals surface area contributed by atoms with Crippen LogP contribution in [-0.4, -0.2) is 35.9 Å². The highest BCUT2D eigenvalue weighted by Gasteiger charge is 2.17. The molecule has 2 heterocycles. The van der Waals surface area contributed by atoms with E-state index in [4.69, 9.17) is 15.1 Å². The second kappa shape index (κ2) is 6.87. The Kier molecular flexibility index (Phi) is 4.67. The van der Waals surface area contributed by atoms with Gasteiger partial charge in [0.2, 0.25) is 0 Å². The molecule has 0 saturated carbocycles. The second-order valence-corrected chi connectivity index (χ2v) is 5.86. The molecule has 2 aromatic rings. The Bertz CT molecular complexity index is 748. The Morgan fingerprint density at radius 1 is 1.30 bits per heavy atom. The second-order valence-electron chi connectivity index (χ2n) is 5.86. The van der Waals surface area contributed by atoms with Gasteiger partial charge in [-0.25, -0.2) is 4.98 Å². The first-order valence-electron chi connectivity index (χ1n) is 7.97. The summed E-state index contributed by atoms with van der Waals surface area (Å²) in [7, 11) is 1.82. The van der Waals surface area contributed by atoms with Crippen LogP contribution in [0.1, 0.15) is 36.9 Å². The fraction of sp³-hybridized carbons (Fsp3) is 0.389. The molecule has 1 aromatic heterocycles. The third-order valence-corrected chi connectivity index (χ3v) is 4.23. The van der Waals surface area contributed by atoms with Crippen molar-refractivity contribution in [2.24, 2.45) is 0 Å². The van der Waals surface area contributed by atoms with E-state index >= 15 is 0 Å². The van der Waals surface area contributed by atoms with Crippen LogP contribution in [0.25, 0.3) is 16.6 Å². The lowest BCUT2D eigenvalue weighted by Crippen LogP contribution is -2.14. The zero-order chi connectivity index (χ0) is 16.2. The predicted molar refractivity (Wildman–Crippen MR) is 92.8 cm³/mol. The summed E-state index contributed by atoms with van der Waals surface area (Å²) >= 11 is 0. The van der Waals surface area contributed by atoms with Gasteiger partial charge in [0.05, 0.1) is 22.9 Å². The molecule has 1 fully saturated rings. The van der Waals surface area contributed by atoms with Crippen LogP contribution in [0.2, 0.25) is 0 Å². The molecule has 23 heavy (non-hydrogen) atoms. The lowest BCUT2D eigenvalue weighted by molar-refractivity contribution is 0.0853. The zero-order valence-corrected chi connectivity index (χ0v) is 13.6. The number of ether oxygens (including phenoxy) is 1. The van der Waals surface area contributed by atoms with E-state index in [9.17, 15) is 0 Å². The maximum atomic E-state index is 7.91. The molecule has 1 aliphatic heterocycles. The summed E-state index contributed by atoms with van der Waals surface area (Å²) in [6.45, 7) is 3.42. The van der Waals surface area contributed by atoms with Gasteiger partial charge in [-0.15, -0.1) is 0 Å². The molecule has 0 radical (unpaired) electrons. The quantitative estimate of drug-likeness (QED) is 0.851. The molecule has 0 atom stereocenters. The van der Waals surface area contributed by atoms with Crippen molar-refractivity contribution >= 4 is 22.3 Å². The van der Waals surface area contributed by atoms with Crippen molar-refractivity contribution in [1.82, 2.24) is 15.3 Å². The summed E-state index contributed by atoms with van der Waals surface area (Å²) in [4.78, 5) is 9.23. The standard InChI is InChI=1S/C18H22N4O/c1-12(19)15(10-20-2)18-11-21-16-4-3-14(9-17(16)22-18)13-5-7-23-8-6-13/h3-4,9-11,13,19-20H,5-8H2,1-2H3/b15-10+,19-12?. The normalized spacial score (nSPS) is 16.5. The van der Waals surface area contributed by atoms with E-state index in [1.165, 1.54) is 5.56 Å². The van der Waals surface area contributed by atoms with Gasteiger partial charge in [0.15, 0.2) is 0 Å². The van der Waals surface area contributed by atoms with E-state index in [2.05, 4.69) is 22.4 Å². The fourth-order valence-electron chi connectivity index (χ4n) is 2.96. The summed E-state index contributed by atoms with van der Waals surface area (Å²) in [5.74, 6) is 0.537. The molecular formula is C18H22N4O. The van der Waals surface area contributed by atoms with Gasteiger partial charge in [0, 0.05) is 37.7 Å². The van der Waals surface area contributed by atoms with E-state index in [1.807, 2.05) is 13.1 Å². The number of fused-ring (bicyclic) bond motifs is 1. The molecule has 0 spiro atoms. The molecule has 1 saturated heterocycles. The van der Waals surface area contributed by atoms with Gasteiger partial charge in [-0.2, -0.15) is 0 Å². The Labute approximate surface area is 136 Å². The molecule has 5 nitrogen and oxygen atoms in total. The van der Waals surface area contributed by atoms with Gasteiger partial charge in [-0.3, -0.25) is 4.98 Å². The summed E-state index contributed by atoms with van der Waals surface area (Å²) in [6, 6.07) is 6.33. The van der Waals surface area contributed by atoms with Crippen LogP contribution in [0.15, 0.2) is 30.6 Å². The van der Waals surface area contributed by atoms with Crippen LogP contribution in [0, 0.1) is 5.41 Å². The minimum Gasteiger partial charge on any atom is -0.393 e. The topological polar surface area (TPSA) is 70.9 Å². The van der Waals surface area contributed by atoms with E-state index in [0.29, 0.717) is 11.6 Å². The molecule has 1 aromatic carbocycles. The number of hydrogen-bond acceptors (Lipinski definition) is 5. The number of rotatable bonds is 4. The molecule has 0 bridgehead atoms. The van der Waals surface area contributed by atoms with Gasteiger partial charge in [-0.05, 0) is 43.4 Å². The Balaban J connectivity index is 2.00. The molecule has 0 unspecified atom stereocenters. The average Bonchev–Trinajstić information content (AvgIpc) is 2.59. The molecule has 0 amide bonds. The predicted octanol–water partition coefficient (Wildman–Crippen LogP) is 3.12.